The Balaban J connectivity index is 1.47. The van der Waals surface area contributed by atoms with Crippen molar-refractivity contribution in [2.75, 3.05) is 26.2 Å². The Labute approximate surface area is 142 Å². The normalized spacial score (nSPS) is 22.9. The van der Waals surface area contributed by atoms with Gasteiger partial charge < -0.3 is 14.5 Å². The van der Waals surface area contributed by atoms with Crippen LogP contribution in [0.15, 0.2) is 54.6 Å². The van der Waals surface area contributed by atoms with Gasteiger partial charge in [0.2, 0.25) is 0 Å². The number of carbonyl (C=O) groups is 1. The van der Waals surface area contributed by atoms with Crippen molar-refractivity contribution in [1.82, 2.24) is 9.80 Å². The predicted molar refractivity (Wildman–Crippen MR) is 93.5 cm³/mol. The van der Waals surface area contributed by atoms with Gasteiger partial charge in [0.05, 0.1) is 0 Å². The molecule has 3 fully saturated rings. The third kappa shape index (κ3) is 3.15. The number of fused-ring (bicyclic) bond motifs is 4. The van der Waals surface area contributed by atoms with Crippen LogP contribution in [0.2, 0.25) is 0 Å². The largest absolute Gasteiger partial charge is 0.457 e. The minimum absolute atomic E-state index is 0.148. The third-order valence-corrected chi connectivity index (χ3v) is 5.00. The van der Waals surface area contributed by atoms with Crippen LogP contribution < -0.4 is 4.74 Å². The molecule has 3 saturated heterocycles. The minimum Gasteiger partial charge on any atom is -0.457 e. The topological polar surface area (TPSA) is 32.8 Å². The Morgan fingerprint density at radius 1 is 0.833 bits per heavy atom. The molecule has 0 saturated carbocycles. The summed E-state index contributed by atoms with van der Waals surface area (Å²) >= 11 is 0. The van der Waals surface area contributed by atoms with Crippen LogP contribution in [0.5, 0.6) is 11.5 Å². The number of amides is 1. The molecule has 0 aromatic heterocycles. The maximum absolute atomic E-state index is 12.9. The predicted octanol–water partition coefficient (Wildman–Crippen LogP) is 3.40. The first-order valence-corrected chi connectivity index (χ1v) is 8.66. The lowest BCUT2D eigenvalue weighted by atomic mass is 10.0. The molecule has 3 aliphatic rings. The summed E-state index contributed by atoms with van der Waals surface area (Å²) in [5.41, 5.74) is 0.746. The molecular weight excluding hydrogens is 300 g/mol. The molecule has 5 rings (SSSR count). The van der Waals surface area contributed by atoms with Crippen molar-refractivity contribution in [2.24, 2.45) is 0 Å². The molecule has 24 heavy (non-hydrogen) atoms. The van der Waals surface area contributed by atoms with Crippen LogP contribution in [0, 0.1) is 0 Å². The summed E-state index contributed by atoms with van der Waals surface area (Å²) in [7, 11) is 0. The highest BCUT2D eigenvalue weighted by atomic mass is 16.5. The van der Waals surface area contributed by atoms with Gasteiger partial charge in [-0.15, -0.1) is 0 Å². The third-order valence-electron chi connectivity index (χ3n) is 5.00. The van der Waals surface area contributed by atoms with E-state index in [9.17, 15) is 4.79 Å². The van der Waals surface area contributed by atoms with E-state index < -0.39 is 0 Å². The van der Waals surface area contributed by atoms with E-state index in [1.165, 1.54) is 0 Å². The fourth-order valence-corrected chi connectivity index (χ4v) is 3.61. The molecule has 2 aromatic rings. The van der Waals surface area contributed by atoms with Gasteiger partial charge in [0.25, 0.3) is 5.91 Å². The van der Waals surface area contributed by atoms with Gasteiger partial charge in [-0.2, -0.15) is 0 Å². The van der Waals surface area contributed by atoms with E-state index in [2.05, 4.69) is 9.80 Å². The summed E-state index contributed by atoms with van der Waals surface area (Å²) < 4.78 is 5.80. The van der Waals surface area contributed by atoms with E-state index >= 15 is 0 Å². The van der Waals surface area contributed by atoms with Crippen LogP contribution in [0.3, 0.4) is 0 Å². The molecule has 124 valence electrons. The molecule has 0 unspecified atom stereocenters. The average Bonchev–Trinajstić information content (AvgIpc) is 2.96. The second kappa shape index (κ2) is 6.65. The van der Waals surface area contributed by atoms with Crippen LogP contribution in [0.25, 0.3) is 0 Å². The molecule has 0 spiro atoms. The monoisotopic (exact) mass is 322 g/mol. The lowest BCUT2D eigenvalue weighted by molar-refractivity contribution is 0.0685. The smallest absolute Gasteiger partial charge is 0.254 e. The number of rotatable bonds is 3. The Morgan fingerprint density at radius 2 is 1.50 bits per heavy atom. The lowest BCUT2D eigenvalue weighted by Gasteiger charge is -2.31. The van der Waals surface area contributed by atoms with Gasteiger partial charge in [0.1, 0.15) is 11.5 Å². The van der Waals surface area contributed by atoms with E-state index in [0.717, 1.165) is 56.1 Å². The number of piperidine rings is 1. The van der Waals surface area contributed by atoms with E-state index in [-0.39, 0.29) is 5.91 Å². The van der Waals surface area contributed by atoms with E-state index in [4.69, 9.17) is 4.74 Å². The zero-order chi connectivity index (χ0) is 16.4. The number of nitrogens with zero attached hydrogens (tertiary/aromatic N) is 2. The fourth-order valence-electron chi connectivity index (χ4n) is 3.61. The van der Waals surface area contributed by atoms with Crippen molar-refractivity contribution in [3.63, 3.8) is 0 Å². The van der Waals surface area contributed by atoms with E-state index in [1.807, 2.05) is 54.6 Å². The van der Waals surface area contributed by atoms with Gasteiger partial charge in [0, 0.05) is 37.8 Å². The molecule has 4 nitrogen and oxygen atoms in total. The standard InChI is InChI=1S/C20H22N2O2/c23-20(22-15-14-21-12-10-17(22)11-13-21)16-6-8-19(9-7-16)24-18-4-2-1-3-5-18/h1-9,17H,10-15H2. The lowest BCUT2D eigenvalue weighted by Crippen LogP contribution is -2.41. The molecule has 2 bridgehead atoms. The number of para-hydroxylation sites is 1. The van der Waals surface area contributed by atoms with E-state index in [0.29, 0.717) is 6.04 Å². The number of ether oxygens (including phenoxy) is 1. The van der Waals surface area contributed by atoms with Crippen molar-refractivity contribution < 1.29 is 9.53 Å². The highest BCUT2D eigenvalue weighted by Gasteiger charge is 2.32. The summed E-state index contributed by atoms with van der Waals surface area (Å²) in [6.07, 6.45) is 2.20. The first-order chi connectivity index (χ1) is 11.8. The molecule has 2 aromatic carbocycles. The molecule has 0 aliphatic carbocycles. The second-order valence-electron chi connectivity index (χ2n) is 6.51. The molecule has 4 heteroatoms. The fraction of sp³-hybridized carbons (Fsp3) is 0.350. The molecule has 0 N–H and O–H groups in total. The van der Waals surface area contributed by atoms with Crippen molar-refractivity contribution in [3.05, 3.63) is 60.2 Å². The van der Waals surface area contributed by atoms with Gasteiger partial charge in [-0.25, -0.2) is 0 Å². The minimum atomic E-state index is 0.148. The second-order valence-corrected chi connectivity index (χ2v) is 6.51. The van der Waals surface area contributed by atoms with Crippen LogP contribution in [-0.4, -0.2) is 47.9 Å². The van der Waals surface area contributed by atoms with Gasteiger partial charge in [-0.3, -0.25) is 4.79 Å². The van der Waals surface area contributed by atoms with Gasteiger partial charge in [-0.05, 0) is 49.2 Å². The first-order valence-electron chi connectivity index (χ1n) is 8.66. The van der Waals surface area contributed by atoms with Crippen molar-refractivity contribution in [2.45, 2.75) is 18.9 Å². The SMILES string of the molecule is O=C(c1ccc(Oc2ccccc2)cc1)N1CCN2CCC1CC2. The first kappa shape index (κ1) is 15.2. The molecule has 0 atom stereocenters. The maximum atomic E-state index is 12.9. The molecule has 3 aliphatic heterocycles. The van der Waals surface area contributed by atoms with Crippen LogP contribution in [0.4, 0.5) is 0 Å². The maximum Gasteiger partial charge on any atom is 0.254 e. The average molecular weight is 322 g/mol. The van der Waals surface area contributed by atoms with Crippen molar-refractivity contribution >= 4 is 5.91 Å². The Hall–Kier alpha value is -2.33. The van der Waals surface area contributed by atoms with Crippen molar-refractivity contribution in [3.8, 4) is 11.5 Å². The van der Waals surface area contributed by atoms with Gasteiger partial charge in [0.15, 0.2) is 0 Å². The van der Waals surface area contributed by atoms with Crippen LogP contribution in [-0.2, 0) is 0 Å². The Morgan fingerprint density at radius 3 is 2.21 bits per heavy atom. The molecule has 3 heterocycles. The van der Waals surface area contributed by atoms with Gasteiger partial charge >= 0.3 is 0 Å². The zero-order valence-electron chi connectivity index (χ0n) is 13.7. The number of hydrogen-bond donors (Lipinski definition) is 0. The summed E-state index contributed by atoms with van der Waals surface area (Å²) in [4.78, 5) is 17.4. The van der Waals surface area contributed by atoms with Crippen LogP contribution >= 0.6 is 0 Å². The highest BCUT2D eigenvalue weighted by Crippen LogP contribution is 2.25. The number of carbonyl (C=O) groups excluding carboxylic acids is 1. The molecule has 0 radical (unpaired) electrons. The quantitative estimate of drug-likeness (QED) is 0.868. The Kier molecular flexibility index (Phi) is 4.22. The Bertz CT molecular complexity index is 691. The van der Waals surface area contributed by atoms with Gasteiger partial charge in [-0.1, -0.05) is 18.2 Å². The number of benzene rings is 2. The van der Waals surface area contributed by atoms with E-state index in [1.54, 1.807) is 0 Å². The number of hydrogen-bond acceptors (Lipinski definition) is 3. The summed E-state index contributed by atoms with van der Waals surface area (Å²) in [6.45, 7) is 4.08. The summed E-state index contributed by atoms with van der Waals surface area (Å²) in [6, 6.07) is 17.6. The van der Waals surface area contributed by atoms with Crippen molar-refractivity contribution in [1.29, 1.82) is 0 Å². The summed E-state index contributed by atoms with van der Waals surface area (Å²) in [5, 5.41) is 0. The molecular formula is C20H22N2O2. The highest BCUT2D eigenvalue weighted by molar-refractivity contribution is 5.94. The van der Waals surface area contributed by atoms with Crippen LogP contribution in [0.1, 0.15) is 23.2 Å². The molecule has 1 amide bonds. The summed E-state index contributed by atoms with van der Waals surface area (Å²) in [5.74, 6) is 1.70. The zero-order valence-corrected chi connectivity index (χ0v) is 13.7.